The third kappa shape index (κ3) is 5.38. The smallest absolute Gasteiger partial charge is 0.339 e. The van der Waals surface area contributed by atoms with Crippen molar-refractivity contribution in [1.82, 2.24) is 10.3 Å². The number of benzene rings is 2. The Bertz CT molecular complexity index is 1340. The molecule has 1 fully saturated rings. The van der Waals surface area contributed by atoms with Crippen LogP contribution in [0, 0.1) is 5.92 Å². The van der Waals surface area contributed by atoms with E-state index < -0.39 is 12.1 Å². The Kier molecular flexibility index (Phi) is 7.26. The van der Waals surface area contributed by atoms with Crippen LogP contribution in [0.25, 0.3) is 22.6 Å². The van der Waals surface area contributed by atoms with Crippen LogP contribution >= 0.6 is 0 Å². The minimum atomic E-state index is -0.869. The summed E-state index contributed by atoms with van der Waals surface area (Å²) < 4.78 is 11.1. The summed E-state index contributed by atoms with van der Waals surface area (Å²) in [5.41, 5.74) is 5.13. The molecule has 1 heterocycles. The average Bonchev–Trinajstić information content (AvgIpc) is 3.41. The molecule has 0 radical (unpaired) electrons. The van der Waals surface area contributed by atoms with Crippen LogP contribution in [0.2, 0.25) is 0 Å². The number of carbonyl (C=O) groups excluding carboxylic acids is 2. The third-order valence-electron chi connectivity index (χ3n) is 7.43. The Morgan fingerprint density at radius 2 is 1.78 bits per heavy atom. The predicted molar refractivity (Wildman–Crippen MR) is 145 cm³/mol. The van der Waals surface area contributed by atoms with Crippen molar-refractivity contribution >= 4 is 34.4 Å². The first-order valence-corrected chi connectivity index (χ1v) is 13.2. The fraction of sp³-hybridized carbons (Fsp3) is 0.387. The molecule has 0 aliphatic heterocycles. The highest BCUT2D eigenvalue weighted by molar-refractivity contribution is 6.07. The number of amides is 1. The quantitative estimate of drug-likeness (QED) is 0.424. The van der Waals surface area contributed by atoms with Gasteiger partial charge in [-0.15, -0.1) is 0 Å². The van der Waals surface area contributed by atoms with Crippen LogP contribution in [0.15, 0.2) is 48.5 Å². The maximum absolute atomic E-state index is 13.7. The van der Waals surface area contributed by atoms with Gasteiger partial charge in [0.15, 0.2) is 6.10 Å². The number of nitrogens with one attached hydrogen (secondary N) is 1. The first-order valence-electron chi connectivity index (χ1n) is 13.2. The molecule has 2 unspecified atom stereocenters. The van der Waals surface area contributed by atoms with Gasteiger partial charge in [0.1, 0.15) is 5.75 Å². The van der Waals surface area contributed by atoms with Gasteiger partial charge in [-0.05, 0) is 79.5 Å². The molecular formula is C31H34N2O4. The van der Waals surface area contributed by atoms with Crippen molar-refractivity contribution in [2.45, 2.75) is 64.5 Å². The van der Waals surface area contributed by atoms with E-state index in [1.54, 1.807) is 14.0 Å². The molecule has 1 N–H and O–H groups in total. The van der Waals surface area contributed by atoms with Gasteiger partial charge in [0.25, 0.3) is 5.91 Å². The Hall–Kier alpha value is -3.67. The number of fused-ring (bicyclic) bond motifs is 2. The number of aromatic nitrogens is 1. The number of para-hydroxylation sites is 1. The van der Waals surface area contributed by atoms with Crippen LogP contribution in [0.3, 0.4) is 0 Å². The number of allylic oxidation sites excluding steroid dienone is 1. The van der Waals surface area contributed by atoms with Crippen molar-refractivity contribution in [2.75, 3.05) is 7.11 Å². The molecule has 0 spiro atoms. The summed E-state index contributed by atoms with van der Waals surface area (Å²) in [6.07, 6.45) is 7.07. The van der Waals surface area contributed by atoms with Gasteiger partial charge in [0.2, 0.25) is 0 Å². The summed E-state index contributed by atoms with van der Waals surface area (Å²) in [5, 5.41) is 3.79. The lowest BCUT2D eigenvalue weighted by Crippen LogP contribution is -2.41. The zero-order valence-corrected chi connectivity index (χ0v) is 21.8. The van der Waals surface area contributed by atoms with Gasteiger partial charge in [-0.2, -0.15) is 0 Å². The highest BCUT2D eigenvalue weighted by Crippen LogP contribution is 2.39. The Morgan fingerprint density at radius 3 is 2.51 bits per heavy atom. The lowest BCUT2D eigenvalue weighted by molar-refractivity contribution is -0.129. The highest BCUT2D eigenvalue weighted by Gasteiger charge is 2.31. The van der Waals surface area contributed by atoms with Crippen LogP contribution in [0.4, 0.5) is 0 Å². The zero-order chi connectivity index (χ0) is 25.9. The molecular weight excluding hydrogens is 464 g/mol. The van der Waals surface area contributed by atoms with Gasteiger partial charge < -0.3 is 14.8 Å². The van der Waals surface area contributed by atoms with Gasteiger partial charge in [-0.3, -0.25) is 4.79 Å². The summed E-state index contributed by atoms with van der Waals surface area (Å²) >= 11 is 0. The van der Waals surface area contributed by atoms with Crippen LogP contribution in [0.5, 0.6) is 5.75 Å². The second-order valence-corrected chi connectivity index (χ2v) is 10.3. The van der Waals surface area contributed by atoms with Crippen LogP contribution < -0.4 is 10.1 Å². The molecule has 6 heteroatoms. The molecule has 1 saturated carbocycles. The molecule has 0 saturated heterocycles. The molecule has 2 aliphatic carbocycles. The molecule has 192 valence electrons. The Morgan fingerprint density at radius 1 is 1.05 bits per heavy atom. The fourth-order valence-corrected chi connectivity index (χ4v) is 5.53. The van der Waals surface area contributed by atoms with Crippen LogP contribution in [-0.2, 0) is 16.0 Å². The van der Waals surface area contributed by atoms with Crippen LogP contribution in [-0.4, -0.2) is 36.1 Å². The summed E-state index contributed by atoms with van der Waals surface area (Å²) in [4.78, 5) is 31.4. The van der Waals surface area contributed by atoms with E-state index in [1.807, 2.05) is 48.5 Å². The van der Waals surface area contributed by atoms with Crippen molar-refractivity contribution in [3.63, 3.8) is 0 Å². The monoisotopic (exact) mass is 498 g/mol. The van der Waals surface area contributed by atoms with Crippen molar-refractivity contribution in [3.05, 3.63) is 70.9 Å². The van der Waals surface area contributed by atoms with E-state index in [4.69, 9.17) is 14.5 Å². The number of ether oxygens (including phenoxy) is 2. The molecule has 2 aromatic carbocycles. The number of hydrogen-bond acceptors (Lipinski definition) is 5. The Balaban J connectivity index is 1.51. The van der Waals surface area contributed by atoms with Crippen molar-refractivity contribution < 1.29 is 19.1 Å². The standard InChI is InChI=1S/C31H34N2O4/c1-19-16-22(18-21-12-14-24(36-3)15-13-21)29-26(17-19)28(25-10-6-7-11-27(25)33-29)31(35)37-20(2)30(34)32-23-8-4-5-9-23/h6-7,10-15,18-20,23H,4-5,8-9,16-17H2,1-3H3,(H,32,34). The van der Waals surface area contributed by atoms with E-state index in [2.05, 4.69) is 18.3 Å². The van der Waals surface area contributed by atoms with Gasteiger partial charge in [-0.25, -0.2) is 9.78 Å². The summed E-state index contributed by atoms with van der Waals surface area (Å²) in [6, 6.07) is 15.8. The summed E-state index contributed by atoms with van der Waals surface area (Å²) in [5.74, 6) is 0.428. The van der Waals surface area contributed by atoms with Crippen LogP contribution in [0.1, 0.15) is 73.1 Å². The average molecular weight is 499 g/mol. The molecule has 1 amide bonds. The van der Waals surface area contributed by atoms with E-state index in [0.29, 0.717) is 11.5 Å². The number of carbonyl (C=O) groups is 2. The topological polar surface area (TPSA) is 77.5 Å². The normalized spacial score (nSPS) is 19.4. The van der Waals surface area contributed by atoms with Crippen molar-refractivity contribution in [2.24, 2.45) is 5.92 Å². The first-order chi connectivity index (χ1) is 17.9. The Labute approximate surface area is 218 Å². The molecule has 6 nitrogen and oxygen atoms in total. The molecule has 1 aromatic heterocycles. The molecule has 2 aliphatic rings. The number of rotatable bonds is 6. The minimum absolute atomic E-state index is 0.176. The van der Waals surface area contributed by atoms with E-state index in [-0.39, 0.29) is 11.9 Å². The summed E-state index contributed by atoms with van der Waals surface area (Å²) in [7, 11) is 1.65. The third-order valence-corrected chi connectivity index (χ3v) is 7.43. The van der Waals surface area contributed by atoms with E-state index in [1.165, 1.54) is 0 Å². The van der Waals surface area contributed by atoms with Gasteiger partial charge in [0.05, 0.1) is 23.9 Å². The number of nitrogens with zero attached hydrogens (tertiary/aromatic N) is 1. The first kappa shape index (κ1) is 25.0. The van der Waals surface area contributed by atoms with E-state index in [9.17, 15) is 9.59 Å². The lowest BCUT2D eigenvalue weighted by Gasteiger charge is -2.27. The zero-order valence-electron chi connectivity index (χ0n) is 21.8. The number of esters is 1. The highest BCUT2D eigenvalue weighted by atomic mass is 16.5. The number of hydrogen-bond donors (Lipinski definition) is 1. The summed E-state index contributed by atoms with van der Waals surface area (Å²) in [6.45, 7) is 3.84. The molecule has 37 heavy (non-hydrogen) atoms. The number of pyridine rings is 1. The van der Waals surface area contributed by atoms with Gasteiger partial charge in [-0.1, -0.05) is 50.1 Å². The minimum Gasteiger partial charge on any atom is -0.497 e. The molecule has 2 atom stereocenters. The maximum atomic E-state index is 13.7. The fourth-order valence-electron chi connectivity index (χ4n) is 5.53. The van der Waals surface area contributed by atoms with Gasteiger partial charge >= 0.3 is 5.97 Å². The van der Waals surface area contributed by atoms with Gasteiger partial charge in [0, 0.05) is 11.4 Å². The second-order valence-electron chi connectivity index (χ2n) is 10.3. The molecule has 0 bridgehead atoms. The SMILES string of the molecule is COc1ccc(C=C2CC(C)Cc3c2nc2ccccc2c3C(=O)OC(C)C(=O)NC2CCCC2)cc1. The maximum Gasteiger partial charge on any atom is 0.339 e. The lowest BCUT2D eigenvalue weighted by atomic mass is 9.80. The molecule has 3 aromatic rings. The molecule has 5 rings (SSSR count). The predicted octanol–water partition coefficient (Wildman–Crippen LogP) is 5.97. The van der Waals surface area contributed by atoms with E-state index in [0.717, 1.165) is 77.6 Å². The van der Waals surface area contributed by atoms with Crippen molar-refractivity contribution in [3.8, 4) is 5.75 Å². The van der Waals surface area contributed by atoms with Crippen molar-refractivity contribution in [1.29, 1.82) is 0 Å². The largest absolute Gasteiger partial charge is 0.497 e. The van der Waals surface area contributed by atoms with E-state index >= 15 is 0 Å². The number of methoxy groups -OCH3 is 1. The second kappa shape index (κ2) is 10.8.